The topological polar surface area (TPSA) is 91.3 Å². The molecule has 222 valence electrons. The van der Waals surface area contributed by atoms with Gasteiger partial charge in [0.25, 0.3) is 5.91 Å². The number of nitrogens with one attached hydrogen (secondary N) is 1. The minimum atomic E-state index is -0.539. The average Bonchev–Trinajstić information content (AvgIpc) is 3.48. The third-order valence-electron chi connectivity index (χ3n) is 8.31. The normalized spacial score (nSPS) is 22.4. The summed E-state index contributed by atoms with van der Waals surface area (Å²) >= 11 is 0. The van der Waals surface area contributed by atoms with Crippen LogP contribution in [0.4, 0.5) is 0 Å². The Morgan fingerprint density at radius 1 is 0.860 bits per heavy atom. The molecule has 7 heteroatoms. The van der Waals surface area contributed by atoms with Gasteiger partial charge in [-0.15, -0.1) is 0 Å². The number of hydrogen-bond donors (Lipinski definition) is 3. The Hall–Kier alpha value is -3.85. The van der Waals surface area contributed by atoms with Crippen LogP contribution in [0.3, 0.4) is 0 Å². The minimum absolute atomic E-state index is 0.00627. The second-order valence-corrected chi connectivity index (χ2v) is 11.4. The smallest absolute Gasteiger partial charge is 0.251 e. The van der Waals surface area contributed by atoms with E-state index >= 15 is 0 Å². The largest absolute Gasteiger partial charge is 0.392 e. The van der Waals surface area contributed by atoms with Crippen molar-refractivity contribution in [3.63, 3.8) is 0 Å². The number of carbonyl (C=O) groups is 1. The molecule has 2 fully saturated rings. The van der Waals surface area contributed by atoms with Crippen molar-refractivity contribution in [1.29, 1.82) is 0 Å². The fourth-order valence-corrected chi connectivity index (χ4v) is 5.94. The van der Waals surface area contributed by atoms with Gasteiger partial charge in [-0.05, 0) is 46.4 Å². The lowest BCUT2D eigenvalue weighted by Gasteiger charge is -2.38. The molecule has 0 saturated carbocycles. The van der Waals surface area contributed by atoms with Gasteiger partial charge in [-0.3, -0.25) is 9.69 Å². The van der Waals surface area contributed by atoms with Crippen LogP contribution in [-0.2, 0) is 22.6 Å². The standard InChI is InChI=1S/C36H38N2O5/c39-24-25-10-12-27(13-11-25)34-20-32(23-38-19-18-31(40)22-38)42-36(43-34)29-16-14-26(15-17-29)33-9-5-4-8-30(33)21-37-35(41)28-6-2-1-3-7-28/h1-17,31-32,34,36,39-40H,18-24H2,(H,37,41)/t31-,32-,34+,36+/m0/s1. The van der Waals surface area contributed by atoms with Gasteiger partial charge < -0.3 is 25.0 Å². The molecule has 4 aromatic carbocycles. The first-order chi connectivity index (χ1) is 21.1. The number of rotatable bonds is 9. The zero-order valence-electron chi connectivity index (χ0n) is 24.1. The van der Waals surface area contributed by atoms with Crippen molar-refractivity contribution in [3.05, 3.63) is 131 Å². The maximum atomic E-state index is 12.6. The van der Waals surface area contributed by atoms with E-state index in [0.29, 0.717) is 25.1 Å². The molecule has 7 nitrogen and oxygen atoms in total. The number of likely N-dealkylation sites (tertiary alicyclic amines) is 1. The van der Waals surface area contributed by atoms with Gasteiger partial charge in [-0.1, -0.05) is 91.0 Å². The summed E-state index contributed by atoms with van der Waals surface area (Å²) in [5, 5.41) is 22.6. The van der Waals surface area contributed by atoms with E-state index < -0.39 is 6.29 Å². The van der Waals surface area contributed by atoms with Crippen LogP contribution in [-0.4, -0.2) is 52.9 Å². The Morgan fingerprint density at radius 2 is 1.58 bits per heavy atom. The summed E-state index contributed by atoms with van der Waals surface area (Å²) in [6, 6.07) is 33.5. The third kappa shape index (κ3) is 7.21. The van der Waals surface area contributed by atoms with Gasteiger partial charge in [0.15, 0.2) is 6.29 Å². The predicted molar refractivity (Wildman–Crippen MR) is 165 cm³/mol. The highest BCUT2D eigenvalue weighted by Crippen LogP contribution is 2.39. The van der Waals surface area contributed by atoms with Crippen molar-refractivity contribution < 1.29 is 24.5 Å². The Bertz CT molecular complexity index is 1490. The predicted octanol–water partition coefficient (Wildman–Crippen LogP) is 5.39. The van der Waals surface area contributed by atoms with Crippen molar-refractivity contribution in [3.8, 4) is 11.1 Å². The molecule has 1 amide bonds. The van der Waals surface area contributed by atoms with Crippen LogP contribution in [0.5, 0.6) is 0 Å². The van der Waals surface area contributed by atoms with E-state index in [9.17, 15) is 15.0 Å². The Kier molecular flexibility index (Phi) is 9.27. The van der Waals surface area contributed by atoms with Crippen LogP contribution < -0.4 is 5.32 Å². The van der Waals surface area contributed by atoms with E-state index in [1.54, 1.807) is 0 Å². The maximum absolute atomic E-state index is 12.6. The average molecular weight is 579 g/mol. The van der Waals surface area contributed by atoms with Crippen molar-refractivity contribution in [2.45, 2.75) is 50.6 Å². The molecular weight excluding hydrogens is 540 g/mol. The summed E-state index contributed by atoms with van der Waals surface area (Å²) in [5.41, 5.74) is 6.62. The van der Waals surface area contributed by atoms with Crippen LogP contribution in [0.25, 0.3) is 11.1 Å². The van der Waals surface area contributed by atoms with Crippen LogP contribution >= 0.6 is 0 Å². The number of carbonyl (C=O) groups excluding carboxylic acids is 1. The highest BCUT2D eigenvalue weighted by molar-refractivity contribution is 5.94. The molecule has 43 heavy (non-hydrogen) atoms. The number of ether oxygens (including phenoxy) is 2. The maximum Gasteiger partial charge on any atom is 0.251 e. The van der Waals surface area contributed by atoms with Crippen molar-refractivity contribution in [1.82, 2.24) is 10.2 Å². The van der Waals surface area contributed by atoms with E-state index in [-0.39, 0.29) is 30.8 Å². The number of β-amino-alcohol motifs (C(OH)–C–C–N with tert-alkyl or cyclic N) is 1. The van der Waals surface area contributed by atoms with Gasteiger partial charge in [0.1, 0.15) is 0 Å². The van der Waals surface area contributed by atoms with E-state index in [2.05, 4.69) is 28.4 Å². The molecule has 2 aliphatic heterocycles. The molecule has 2 aliphatic rings. The first-order valence-electron chi connectivity index (χ1n) is 15.0. The molecule has 0 bridgehead atoms. The molecule has 2 saturated heterocycles. The lowest BCUT2D eigenvalue weighted by Crippen LogP contribution is -2.38. The summed E-state index contributed by atoms with van der Waals surface area (Å²) in [6.07, 6.45) is 0.472. The minimum Gasteiger partial charge on any atom is -0.392 e. The molecule has 0 aliphatic carbocycles. The van der Waals surface area contributed by atoms with Crippen LogP contribution in [0.2, 0.25) is 0 Å². The van der Waals surface area contributed by atoms with Crippen molar-refractivity contribution in [2.24, 2.45) is 0 Å². The second kappa shape index (κ2) is 13.6. The number of aliphatic hydroxyl groups is 2. The first kappa shape index (κ1) is 29.2. The summed E-state index contributed by atoms with van der Waals surface area (Å²) in [4.78, 5) is 14.9. The molecule has 2 heterocycles. The fourth-order valence-electron chi connectivity index (χ4n) is 5.94. The van der Waals surface area contributed by atoms with E-state index in [4.69, 9.17) is 9.47 Å². The zero-order chi connectivity index (χ0) is 29.6. The van der Waals surface area contributed by atoms with Crippen molar-refractivity contribution in [2.75, 3.05) is 19.6 Å². The Labute approximate surface area is 252 Å². The van der Waals surface area contributed by atoms with Crippen LogP contribution in [0.1, 0.15) is 57.8 Å². The third-order valence-corrected chi connectivity index (χ3v) is 8.31. The summed E-state index contributed by atoms with van der Waals surface area (Å²) in [5.74, 6) is -0.101. The number of benzene rings is 4. The van der Waals surface area contributed by atoms with E-state index in [1.807, 2.05) is 84.9 Å². The lowest BCUT2D eigenvalue weighted by molar-refractivity contribution is -0.252. The van der Waals surface area contributed by atoms with Crippen molar-refractivity contribution >= 4 is 5.91 Å². The number of nitrogens with zero attached hydrogens (tertiary/aromatic N) is 1. The Balaban J connectivity index is 1.18. The fraction of sp³-hybridized carbons (Fsp3) is 0.306. The highest BCUT2D eigenvalue weighted by atomic mass is 16.7. The molecule has 0 unspecified atom stereocenters. The second-order valence-electron chi connectivity index (χ2n) is 11.4. The number of amides is 1. The lowest BCUT2D eigenvalue weighted by atomic mass is 9.97. The molecule has 3 N–H and O–H groups in total. The van der Waals surface area contributed by atoms with E-state index in [1.165, 1.54) is 0 Å². The molecule has 6 rings (SSSR count). The van der Waals surface area contributed by atoms with Gasteiger partial charge in [0.05, 0.1) is 24.9 Å². The molecule has 0 aromatic heterocycles. The first-order valence-corrected chi connectivity index (χ1v) is 15.0. The molecule has 4 atom stereocenters. The Morgan fingerprint density at radius 3 is 2.30 bits per heavy atom. The monoisotopic (exact) mass is 578 g/mol. The number of aliphatic hydroxyl groups excluding tert-OH is 2. The number of hydrogen-bond acceptors (Lipinski definition) is 6. The molecular formula is C36H38N2O5. The zero-order valence-corrected chi connectivity index (χ0v) is 24.1. The van der Waals surface area contributed by atoms with Crippen LogP contribution in [0.15, 0.2) is 103 Å². The highest BCUT2D eigenvalue weighted by Gasteiger charge is 2.34. The molecule has 0 radical (unpaired) electrons. The summed E-state index contributed by atoms with van der Waals surface area (Å²) < 4.78 is 13.0. The quantitative estimate of drug-likeness (QED) is 0.247. The van der Waals surface area contributed by atoms with Crippen LogP contribution in [0, 0.1) is 0 Å². The molecule has 0 spiro atoms. The summed E-state index contributed by atoms with van der Waals surface area (Å²) in [6.45, 7) is 2.70. The van der Waals surface area contributed by atoms with Gasteiger partial charge in [0, 0.05) is 43.7 Å². The SMILES string of the molecule is O=C(NCc1ccccc1-c1ccc([C@@H]2O[C@H](CN3CC[C@H](O)C3)C[C@H](c3ccc(CO)cc3)O2)cc1)c1ccccc1. The summed E-state index contributed by atoms with van der Waals surface area (Å²) in [7, 11) is 0. The van der Waals surface area contributed by atoms with Gasteiger partial charge in [-0.2, -0.15) is 0 Å². The molecule has 4 aromatic rings. The van der Waals surface area contributed by atoms with Gasteiger partial charge in [0.2, 0.25) is 0 Å². The van der Waals surface area contributed by atoms with Gasteiger partial charge in [-0.25, -0.2) is 0 Å². The van der Waals surface area contributed by atoms with E-state index in [0.717, 1.165) is 52.9 Å². The van der Waals surface area contributed by atoms with Gasteiger partial charge >= 0.3 is 0 Å².